The highest BCUT2D eigenvalue weighted by atomic mass is 32.1. The molecule has 0 aliphatic heterocycles. The Morgan fingerprint density at radius 3 is 2.88 bits per heavy atom. The van der Waals surface area contributed by atoms with Crippen molar-refractivity contribution < 1.29 is 0 Å². The number of allylic oxidation sites excluding steroid dienone is 1. The fourth-order valence-corrected chi connectivity index (χ4v) is 4.49. The van der Waals surface area contributed by atoms with Gasteiger partial charge in [0.25, 0.3) is 0 Å². The number of aromatic nitrogens is 1. The summed E-state index contributed by atoms with van der Waals surface area (Å²) in [7, 11) is 4.34. The summed E-state index contributed by atoms with van der Waals surface area (Å²) in [5, 5.41) is 11.7. The van der Waals surface area contributed by atoms with Gasteiger partial charge in [0.15, 0.2) is 0 Å². The zero-order valence-corrected chi connectivity index (χ0v) is 16.2. The van der Waals surface area contributed by atoms with E-state index in [1.165, 1.54) is 34.0 Å². The first kappa shape index (κ1) is 17.3. The van der Waals surface area contributed by atoms with Crippen molar-refractivity contribution in [1.82, 2.24) is 9.88 Å². The van der Waals surface area contributed by atoms with Crippen LogP contribution < -0.4 is 0 Å². The predicted molar refractivity (Wildman–Crippen MR) is 112 cm³/mol. The second-order valence-corrected chi connectivity index (χ2v) is 8.28. The number of hydrogen-bond donors (Lipinski definition) is 2. The molecule has 4 rings (SSSR count). The Kier molecular flexibility index (Phi) is 4.79. The van der Waals surface area contributed by atoms with Crippen molar-refractivity contribution in [1.29, 1.82) is 5.41 Å². The molecule has 0 amide bonds. The fraction of sp³-hybridized carbons (Fsp3) is 0.318. The Hall–Kier alpha value is -2.17. The van der Waals surface area contributed by atoms with Gasteiger partial charge in [-0.05, 0) is 68.1 Å². The SMILES string of the molecule is CN(C)C1CC=C(c2c[nH]c3ccc(CC(=N)c4cccs4)cc23)CC1. The maximum absolute atomic E-state index is 8.35. The first-order chi connectivity index (χ1) is 12.6. The molecular weight excluding hydrogens is 338 g/mol. The topological polar surface area (TPSA) is 42.9 Å². The lowest BCUT2D eigenvalue weighted by atomic mass is 9.89. The first-order valence-corrected chi connectivity index (χ1v) is 10.1. The molecule has 0 saturated carbocycles. The molecule has 0 fully saturated rings. The van der Waals surface area contributed by atoms with Gasteiger partial charge in [-0.2, -0.15) is 0 Å². The van der Waals surface area contributed by atoms with E-state index in [-0.39, 0.29) is 0 Å². The van der Waals surface area contributed by atoms with Crippen molar-refractivity contribution in [2.75, 3.05) is 14.1 Å². The van der Waals surface area contributed by atoms with E-state index in [9.17, 15) is 0 Å². The van der Waals surface area contributed by atoms with Gasteiger partial charge in [0.05, 0.1) is 5.71 Å². The Morgan fingerprint density at radius 2 is 2.19 bits per heavy atom. The summed E-state index contributed by atoms with van der Waals surface area (Å²) in [4.78, 5) is 6.81. The molecule has 0 spiro atoms. The maximum atomic E-state index is 8.35. The van der Waals surface area contributed by atoms with Crippen LogP contribution in [0, 0.1) is 5.41 Å². The number of benzene rings is 1. The molecule has 3 aromatic rings. The molecule has 26 heavy (non-hydrogen) atoms. The number of hydrogen-bond acceptors (Lipinski definition) is 3. The van der Waals surface area contributed by atoms with Crippen LogP contribution in [0.3, 0.4) is 0 Å². The van der Waals surface area contributed by atoms with Crippen LogP contribution in [0.15, 0.2) is 48.0 Å². The standard InChI is InChI=1S/C22H25N3S/c1-25(2)17-8-6-16(7-9-17)19-14-24-21-10-5-15(12-18(19)21)13-20(23)22-4-3-11-26-22/h3-6,10-12,14,17,23-24H,7-9,13H2,1-2H3. The number of H-pyrrole nitrogens is 1. The van der Waals surface area contributed by atoms with Gasteiger partial charge < -0.3 is 15.3 Å². The van der Waals surface area contributed by atoms with Gasteiger partial charge in [0.1, 0.15) is 0 Å². The van der Waals surface area contributed by atoms with E-state index < -0.39 is 0 Å². The lowest BCUT2D eigenvalue weighted by molar-refractivity contribution is 0.278. The molecule has 0 bridgehead atoms. The smallest absolute Gasteiger partial charge is 0.0529 e. The summed E-state index contributed by atoms with van der Waals surface area (Å²) >= 11 is 1.64. The number of nitrogens with one attached hydrogen (secondary N) is 2. The molecule has 2 aromatic heterocycles. The van der Waals surface area contributed by atoms with Crippen LogP contribution in [-0.2, 0) is 6.42 Å². The van der Waals surface area contributed by atoms with Gasteiger partial charge in [-0.25, -0.2) is 0 Å². The first-order valence-electron chi connectivity index (χ1n) is 9.19. The second kappa shape index (κ2) is 7.22. The number of nitrogens with zero attached hydrogens (tertiary/aromatic N) is 1. The average molecular weight is 364 g/mol. The molecule has 1 aliphatic carbocycles. The Morgan fingerprint density at radius 1 is 1.31 bits per heavy atom. The molecule has 3 nitrogen and oxygen atoms in total. The fourth-order valence-electron chi connectivity index (χ4n) is 3.82. The van der Waals surface area contributed by atoms with E-state index >= 15 is 0 Å². The molecule has 1 atom stereocenters. The van der Waals surface area contributed by atoms with Crippen molar-refractivity contribution in [2.24, 2.45) is 0 Å². The molecule has 0 radical (unpaired) electrons. The summed E-state index contributed by atoms with van der Waals surface area (Å²) < 4.78 is 0. The third-order valence-corrected chi connectivity index (χ3v) is 6.33. The molecule has 1 unspecified atom stereocenters. The van der Waals surface area contributed by atoms with E-state index in [1.54, 1.807) is 11.3 Å². The summed E-state index contributed by atoms with van der Waals surface area (Å²) in [5.74, 6) is 0. The lowest BCUT2D eigenvalue weighted by Gasteiger charge is -2.27. The predicted octanol–water partition coefficient (Wildman–Crippen LogP) is 5.34. The van der Waals surface area contributed by atoms with Crippen LogP contribution in [0.2, 0.25) is 0 Å². The van der Waals surface area contributed by atoms with Crippen molar-refractivity contribution >= 4 is 33.5 Å². The molecule has 1 aromatic carbocycles. The van der Waals surface area contributed by atoms with E-state index in [4.69, 9.17) is 5.41 Å². The van der Waals surface area contributed by atoms with Crippen molar-refractivity contribution in [2.45, 2.75) is 31.7 Å². The monoisotopic (exact) mass is 363 g/mol. The second-order valence-electron chi connectivity index (χ2n) is 7.34. The van der Waals surface area contributed by atoms with E-state index in [0.717, 1.165) is 17.7 Å². The molecule has 2 N–H and O–H groups in total. The molecule has 1 aliphatic rings. The molecule has 0 saturated heterocycles. The number of fused-ring (bicyclic) bond motifs is 1. The number of thiophene rings is 1. The lowest BCUT2D eigenvalue weighted by Crippen LogP contribution is -2.28. The highest BCUT2D eigenvalue weighted by molar-refractivity contribution is 7.12. The Balaban J connectivity index is 1.60. The van der Waals surface area contributed by atoms with Crippen LogP contribution in [0.4, 0.5) is 0 Å². The van der Waals surface area contributed by atoms with Crippen LogP contribution in [0.5, 0.6) is 0 Å². The van der Waals surface area contributed by atoms with Crippen molar-refractivity contribution in [3.63, 3.8) is 0 Å². The normalized spacial score (nSPS) is 17.7. The van der Waals surface area contributed by atoms with E-state index in [1.807, 2.05) is 17.5 Å². The summed E-state index contributed by atoms with van der Waals surface area (Å²) in [6.45, 7) is 0. The molecule has 4 heteroatoms. The zero-order chi connectivity index (χ0) is 18.1. The van der Waals surface area contributed by atoms with Gasteiger partial charge in [-0.15, -0.1) is 11.3 Å². The van der Waals surface area contributed by atoms with Crippen LogP contribution >= 0.6 is 11.3 Å². The van der Waals surface area contributed by atoms with Crippen molar-refractivity contribution in [3.05, 3.63) is 64.0 Å². The van der Waals surface area contributed by atoms with Crippen LogP contribution in [-0.4, -0.2) is 35.7 Å². The van der Waals surface area contributed by atoms with Gasteiger partial charge in [-0.1, -0.05) is 18.2 Å². The molecule has 2 heterocycles. The molecular formula is C22H25N3S. The minimum Gasteiger partial charge on any atom is -0.361 e. The summed E-state index contributed by atoms with van der Waals surface area (Å²) in [5.41, 5.74) is 5.88. The highest BCUT2D eigenvalue weighted by Crippen LogP contribution is 2.33. The Bertz CT molecular complexity index is 947. The highest BCUT2D eigenvalue weighted by Gasteiger charge is 2.19. The van der Waals surface area contributed by atoms with Crippen molar-refractivity contribution in [3.8, 4) is 0 Å². The van der Waals surface area contributed by atoms with E-state index in [2.05, 4.69) is 54.5 Å². The minimum atomic E-state index is 0.658. The quantitative estimate of drug-likeness (QED) is 0.591. The third-order valence-electron chi connectivity index (χ3n) is 5.41. The zero-order valence-electron chi connectivity index (χ0n) is 15.4. The third kappa shape index (κ3) is 3.39. The maximum Gasteiger partial charge on any atom is 0.0529 e. The summed E-state index contributed by atoms with van der Waals surface area (Å²) in [6.07, 6.45) is 8.72. The van der Waals surface area contributed by atoms with Gasteiger partial charge in [0, 0.05) is 40.0 Å². The average Bonchev–Trinajstić information content (AvgIpc) is 3.31. The number of aromatic amines is 1. The van der Waals surface area contributed by atoms with Gasteiger partial charge in [0.2, 0.25) is 0 Å². The van der Waals surface area contributed by atoms with Gasteiger partial charge in [-0.3, -0.25) is 0 Å². The van der Waals surface area contributed by atoms with Crippen LogP contribution in [0.25, 0.3) is 16.5 Å². The van der Waals surface area contributed by atoms with Crippen LogP contribution in [0.1, 0.15) is 35.3 Å². The minimum absolute atomic E-state index is 0.658. The van der Waals surface area contributed by atoms with Gasteiger partial charge >= 0.3 is 0 Å². The molecule has 134 valence electrons. The Labute approximate surface area is 158 Å². The number of rotatable bonds is 5. The van der Waals surface area contributed by atoms with E-state index in [0.29, 0.717) is 18.2 Å². The largest absolute Gasteiger partial charge is 0.361 e. The summed E-state index contributed by atoms with van der Waals surface area (Å²) in [6, 6.07) is 11.3.